The molecule has 0 bridgehead atoms. The Labute approximate surface area is 123 Å². The van der Waals surface area contributed by atoms with Crippen molar-refractivity contribution in [3.63, 3.8) is 0 Å². The van der Waals surface area contributed by atoms with Crippen molar-refractivity contribution in [2.24, 2.45) is 5.92 Å². The number of ether oxygens (including phenoxy) is 2. The predicted molar refractivity (Wildman–Crippen MR) is 79.8 cm³/mol. The van der Waals surface area contributed by atoms with E-state index in [1.165, 1.54) is 0 Å². The Morgan fingerprint density at radius 2 is 1.79 bits per heavy atom. The van der Waals surface area contributed by atoms with Gasteiger partial charge in [-0.15, -0.1) is 0 Å². The number of halogens is 1. The van der Waals surface area contributed by atoms with Crippen LogP contribution < -0.4 is 14.8 Å². The molecule has 0 aliphatic heterocycles. The number of aliphatic hydroxyl groups is 1. The summed E-state index contributed by atoms with van der Waals surface area (Å²) in [5, 5.41) is 12.6. The summed E-state index contributed by atoms with van der Waals surface area (Å²) in [6.45, 7) is 4.95. The quantitative estimate of drug-likeness (QED) is 0.806. The number of hydrogen-bond acceptors (Lipinski definition) is 4. The summed E-state index contributed by atoms with van der Waals surface area (Å²) >= 11 is 3.52. The van der Waals surface area contributed by atoms with E-state index < -0.39 is 0 Å². The van der Waals surface area contributed by atoms with Gasteiger partial charge in [0.15, 0.2) is 11.5 Å². The number of rotatable bonds is 7. The van der Waals surface area contributed by atoms with Crippen LogP contribution in [0.2, 0.25) is 0 Å². The molecule has 108 valence electrons. The van der Waals surface area contributed by atoms with Gasteiger partial charge in [-0.25, -0.2) is 0 Å². The zero-order chi connectivity index (χ0) is 14.4. The van der Waals surface area contributed by atoms with Crippen LogP contribution in [0.5, 0.6) is 11.5 Å². The van der Waals surface area contributed by atoms with Crippen LogP contribution in [0.15, 0.2) is 16.6 Å². The number of aliphatic hydroxyl groups excluding tert-OH is 1. The first kappa shape index (κ1) is 16.3. The molecule has 19 heavy (non-hydrogen) atoms. The third kappa shape index (κ3) is 4.37. The summed E-state index contributed by atoms with van der Waals surface area (Å²) in [5.74, 6) is 1.78. The van der Waals surface area contributed by atoms with Crippen molar-refractivity contribution in [1.29, 1.82) is 0 Å². The number of methoxy groups -OCH3 is 2. The molecule has 0 aliphatic carbocycles. The van der Waals surface area contributed by atoms with Crippen LogP contribution in [-0.2, 0) is 6.54 Å². The lowest BCUT2D eigenvalue weighted by molar-refractivity contribution is 0.210. The van der Waals surface area contributed by atoms with E-state index in [2.05, 4.69) is 35.1 Å². The molecule has 1 rings (SSSR count). The van der Waals surface area contributed by atoms with Gasteiger partial charge in [0.1, 0.15) is 0 Å². The van der Waals surface area contributed by atoms with Gasteiger partial charge in [-0.3, -0.25) is 0 Å². The molecule has 0 amide bonds. The van der Waals surface area contributed by atoms with Crippen LogP contribution in [0.3, 0.4) is 0 Å². The Bertz CT molecular complexity index is 410. The van der Waals surface area contributed by atoms with Crippen LogP contribution >= 0.6 is 15.9 Å². The Balaban J connectivity index is 2.83. The fraction of sp³-hybridized carbons (Fsp3) is 0.571. The maximum atomic E-state index is 9.31. The number of hydrogen-bond donors (Lipinski definition) is 2. The molecule has 0 spiro atoms. The summed E-state index contributed by atoms with van der Waals surface area (Å²) in [6, 6.07) is 3.91. The van der Waals surface area contributed by atoms with E-state index in [4.69, 9.17) is 9.47 Å². The Hall–Kier alpha value is -0.780. The molecule has 0 saturated heterocycles. The average molecular weight is 332 g/mol. The summed E-state index contributed by atoms with van der Waals surface area (Å²) in [4.78, 5) is 0. The van der Waals surface area contributed by atoms with E-state index in [0.717, 1.165) is 10.0 Å². The second kappa shape index (κ2) is 7.72. The van der Waals surface area contributed by atoms with E-state index in [1.807, 2.05) is 12.1 Å². The Kier molecular flexibility index (Phi) is 6.62. The highest BCUT2D eigenvalue weighted by Gasteiger charge is 2.14. The van der Waals surface area contributed by atoms with E-state index in [1.54, 1.807) is 14.2 Å². The molecule has 5 heteroatoms. The molecule has 0 unspecified atom stereocenters. The lowest BCUT2D eigenvalue weighted by Crippen LogP contribution is -2.36. The van der Waals surface area contributed by atoms with Gasteiger partial charge in [0.2, 0.25) is 0 Å². The molecule has 1 aromatic carbocycles. The first-order valence-electron chi connectivity index (χ1n) is 6.28. The standard InChI is InChI=1S/C14H22BrNO3/c1-9(2)12(8-17)16-7-10-5-13(18-3)14(19-4)6-11(10)15/h5-6,9,12,16-17H,7-8H2,1-4H3/t12-/m1/s1. The highest BCUT2D eigenvalue weighted by atomic mass is 79.9. The third-order valence-electron chi connectivity index (χ3n) is 3.11. The smallest absolute Gasteiger partial charge is 0.161 e. The van der Waals surface area contributed by atoms with Gasteiger partial charge in [0.05, 0.1) is 20.8 Å². The van der Waals surface area contributed by atoms with Crippen molar-refractivity contribution >= 4 is 15.9 Å². The maximum Gasteiger partial charge on any atom is 0.161 e. The highest BCUT2D eigenvalue weighted by Crippen LogP contribution is 2.33. The van der Waals surface area contributed by atoms with Gasteiger partial charge in [-0.1, -0.05) is 29.8 Å². The molecule has 2 N–H and O–H groups in total. The molecular weight excluding hydrogens is 310 g/mol. The summed E-state index contributed by atoms with van der Waals surface area (Å²) in [5.41, 5.74) is 1.07. The normalized spacial score (nSPS) is 12.6. The fourth-order valence-electron chi connectivity index (χ4n) is 1.78. The largest absolute Gasteiger partial charge is 0.493 e. The van der Waals surface area contributed by atoms with E-state index >= 15 is 0 Å². The molecule has 1 aromatic rings. The molecule has 4 nitrogen and oxygen atoms in total. The van der Waals surface area contributed by atoms with E-state index in [9.17, 15) is 5.11 Å². The topological polar surface area (TPSA) is 50.7 Å². The first-order valence-corrected chi connectivity index (χ1v) is 7.07. The van der Waals surface area contributed by atoms with E-state index in [-0.39, 0.29) is 12.6 Å². The second-order valence-corrected chi connectivity index (χ2v) is 5.57. The second-order valence-electron chi connectivity index (χ2n) is 4.71. The summed E-state index contributed by atoms with van der Waals surface area (Å²) in [6.07, 6.45) is 0. The van der Waals surface area contributed by atoms with Crippen LogP contribution in [0.25, 0.3) is 0 Å². The summed E-state index contributed by atoms with van der Waals surface area (Å²) < 4.78 is 11.5. The van der Waals surface area contributed by atoms with Crippen molar-refractivity contribution < 1.29 is 14.6 Å². The maximum absolute atomic E-state index is 9.31. The first-order chi connectivity index (χ1) is 9.03. The van der Waals surface area contributed by atoms with E-state index in [0.29, 0.717) is 24.0 Å². The Morgan fingerprint density at radius 3 is 2.26 bits per heavy atom. The van der Waals surface area contributed by atoms with Crippen LogP contribution in [-0.4, -0.2) is 32.0 Å². The predicted octanol–water partition coefficient (Wildman–Crippen LogP) is 2.57. The van der Waals surface area contributed by atoms with Gasteiger partial charge in [0.25, 0.3) is 0 Å². The van der Waals surface area contributed by atoms with Crippen LogP contribution in [0.4, 0.5) is 0 Å². The van der Waals surface area contributed by atoms with Crippen molar-refractivity contribution in [3.05, 3.63) is 22.2 Å². The molecule has 0 fully saturated rings. The highest BCUT2D eigenvalue weighted by molar-refractivity contribution is 9.10. The fourth-order valence-corrected chi connectivity index (χ4v) is 2.25. The molecule has 0 aromatic heterocycles. The number of nitrogens with one attached hydrogen (secondary N) is 1. The minimum Gasteiger partial charge on any atom is -0.493 e. The van der Waals surface area contributed by atoms with Crippen molar-refractivity contribution in [3.8, 4) is 11.5 Å². The molecule has 1 atom stereocenters. The lowest BCUT2D eigenvalue weighted by atomic mass is 10.0. The summed E-state index contributed by atoms with van der Waals surface area (Å²) in [7, 11) is 3.23. The minimum absolute atomic E-state index is 0.0833. The lowest BCUT2D eigenvalue weighted by Gasteiger charge is -2.21. The Morgan fingerprint density at radius 1 is 1.21 bits per heavy atom. The van der Waals surface area contributed by atoms with Crippen molar-refractivity contribution in [1.82, 2.24) is 5.32 Å². The molecule has 0 radical (unpaired) electrons. The third-order valence-corrected chi connectivity index (χ3v) is 3.85. The van der Waals surface area contributed by atoms with Gasteiger partial charge in [-0.2, -0.15) is 0 Å². The van der Waals surface area contributed by atoms with Gasteiger partial charge >= 0.3 is 0 Å². The molecule has 0 aliphatic rings. The van der Waals surface area contributed by atoms with Crippen LogP contribution in [0.1, 0.15) is 19.4 Å². The number of benzene rings is 1. The van der Waals surface area contributed by atoms with Crippen LogP contribution in [0, 0.1) is 5.92 Å². The zero-order valence-electron chi connectivity index (χ0n) is 11.9. The minimum atomic E-state index is 0.0833. The van der Waals surface area contributed by atoms with Gasteiger partial charge in [0, 0.05) is 17.1 Å². The van der Waals surface area contributed by atoms with Gasteiger partial charge in [-0.05, 0) is 23.6 Å². The van der Waals surface area contributed by atoms with Gasteiger partial charge < -0.3 is 19.9 Å². The zero-order valence-corrected chi connectivity index (χ0v) is 13.5. The molecule has 0 saturated carbocycles. The van der Waals surface area contributed by atoms with Crippen molar-refractivity contribution in [2.45, 2.75) is 26.4 Å². The molecule has 0 heterocycles. The average Bonchev–Trinajstić information content (AvgIpc) is 2.40. The monoisotopic (exact) mass is 331 g/mol. The SMILES string of the molecule is COc1cc(Br)c(CN[C@H](CO)C(C)C)cc1OC. The van der Waals surface area contributed by atoms with Crippen molar-refractivity contribution in [2.75, 3.05) is 20.8 Å². The molecular formula is C14H22BrNO3.